The van der Waals surface area contributed by atoms with Crippen molar-refractivity contribution in [3.63, 3.8) is 0 Å². The number of nitro groups is 1. The van der Waals surface area contributed by atoms with Crippen molar-refractivity contribution in [1.82, 2.24) is 0 Å². The highest BCUT2D eigenvalue weighted by Gasteiger charge is 2.26. The van der Waals surface area contributed by atoms with E-state index in [1.165, 1.54) is 17.0 Å². The van der Waals surface area contributed by atoms with Crippen LogP contribution in [0.4, 0.5) is 11.4 Å². The quantitative estimate of drug-likeness (QED) is 0.534. The molecule has 84 valence electrons. The maximum absolute atomic E-state index is 11.5. The minimum Gasteiger partial charge on any atom is -0.334 e. The van der Waals surface area contributed by atoms with Crippen LogP contribution in [0.25, 0.3) is 0 Å². The molecule has 0 bridgehead atoms. The third-order valence-electron chi connectivity index (χ3n) is 2.17. The van der Waals surface area contributed by atoms with E-state index in [1.54, 1.807) is 7.05 Å². The maximum Gasteiger partial charge on any atom is 0.286 e. The molecule has 0 spiro atoms. The van der Waals surface area contributed by atoms with Crippen molar-refractivity contribution < 1.29 is 13.3 Å². The lowest BCUT2D eigenvalue weighted by Crippen LogP contribution is -2.22. The van der Waals surface area contributed by atoms with E-state index >= 15 is 0 Å². The van der Waals surface area contributed by atoms with Gasteiger partial charge >= 0.3 is 0 Å². The van der Waals surface area contributed by atoms with Crippen molar-refractivity contribution >= 4 is 27.7 Å². The Morgan fingerprint density at radius 1 is 1.44 bits per heavy atom. The first kappa shape index (κ1) is 10.6. The first-order chi connectivity index (χ1) is 7.42. The van der Waals surface area contributed by atoms with E-state index in [9.17, 15) is 18.5 Å². The summed E-state index contributed by atoms with van der Waals surface area (Å²) >= 11 is 0. The Morgan fingerprint density at radius 3 is 2.75 bits per heavy atom. The smallest absolute Gasteiger partial charge is 0.286 e. The second kappa shape index (κ2) is 3.27. The molecule has 8 heteroatoms. The Hall–Kier alpha value is -1.96. The van der Waals surface area contributed by atoms with Crippen LogP contribution in [-0.4, -0.2) is 26.7 Å². The first-order valence-corrected chi connectivity index (χ1v) is 5.67. The normalized spacial score (nSPS) is 16.9. The molecule has 0 saturated heterocycles. The maximum atomic E-state index is 11.5. The van der Waals surface area contributed by atoms with Crippen LogP contribution in [0.15, 0.2) is 27.5 Å². The van der Waals surface area contributed by atoms with Gasteiger partial charge in [0.15, 0.2) is 0 Å². The van der Waals surface area contributed by atoms with Gasteiger partial charge in [0.05, 0.1) is 10.6 Å². The molecule has 0 radical (unpaired) electrons. The van der Waals surface area contributed by atoms with Gasteiger partial charge in [-0.1, -0.05) is 0 Å². The molecule has 1 aliphatic rings. The molecule has 0 unspecified atom stereocenters. The molecule has 0 aliphatic carbocycles. The van der Waals surface area contributed by atoms with Crippen LogP contribution < -0.4 is 4.90 Å². The molecule has 1 aromatic carbocycles. The SMILES string of the molecule is CN1C=NS(=O)(=O)c2cc([N+](=O)[O-])ccc21. The second-order valence-corrected chi connectivity index (χ2v) is 4.82. The molecule has 1 heterocycles. The Labute approximate surface area is 91.2 Å². The topological polar surface area (TPSA) is 92.9 Å². The van der Waals surface area contributed by atoms with Crippen LogP contribution >= 0.6 is 0 Å². The highest BCUT2D eigenvalue weighted by molar-refractivity contribution is 7.90. The first-order valence-electron chi connectivity index (χ1n) is 4.23. The van der Waals surface area contributed by atoms with Crippen molar-refractivity contribution in [2.24, 2.45) is 4.40 Å². The average molecular weight is 241 g/mol. The molecule has 0 aromatic heterocycles. The van der Waals surface area contributed by atoms with Gasteiger partial charge in [-0.2, -0.15) is 8.42 Å². The van der Waals surface area contributed by atoms with Gasteiger partial charge < -0.3 is 4.90 Å². The minimum atomic E-state index is -3.81. The predicted octanol–water partition coefficient (Wildman–Crippen LogP) is 0.762. The van der Waals surface area contributed by atoms with Crippen molar-refractivity contribution in [3.8, 4) is 0 Å². The summed E-state index contributed by atoms with van der Waals surface area (Å²) in [5.74, 6) is 0. The van der Waals surface area contributed by atoms with E-state index in [0.717, 1.165) is 12.4 Å². The van der Waals surface area contributed by atoms with Crippen LogP contribution in [0.3, 0.4) is 0 Å². The van der Waals surface area contributed by atoms with Gasteiger partial charge in [0.25, 0.3) is 15.7 Å². The summed E-state index contributed by atoms with van der Waals surface area (Å²) in [5, 5.41) is 10.5. The Kier molecular flexibility index (Phi) is 2.16. The van der Waals surface area contributed by atoms with Crippen LogP contribution in [0, 0.1) is 10.1 Å². The number of fused-ring (bicyclic) bond motifs is 1. The summed E-state index contributed by atoms with van der Waals surface area (Å²) in [4.78, 5) is 11.2. The number of rotatable bonds is 1. The summed E-state index contributed by atoms with van der Waals surface area (Å²) in [6, 6.07) is 3.65. The molecule has 0 atom stereocenters. The van der Waals surface area contributed by atoms with Gasteiger partial charge in [0.1, 0.15) is 11.2 Å². The van der Waals surface area contributed by atoms with Crippen LogP contribution in [-0.2, 0) is 10.0 Å². The van der Waals surface area contributed by atoms with E-state index in [4.69, 9.17) is 0 Å². The standard InChI is InChI=1S/C8H7N3O4S/c1-10-5-9-16(14,15)8-4-6(11(12)13)2-3-7(8)10/h2-5H,1H3. The fraction of sp³-hybridized carbons (Fsp3) is 0.125. The zero-order valence-electron chi connectivity index (χ0n) is 8.19. The monoisotopic (exact) mass is 241 g/mol. The average Bonchev–Trinajstić information content (AvgIpc) is 2.23. The lowest BCUT2D eigenvalue weighted by molar-refractivity contribution is -0.385. The molecule has 1 aliphatic heterocycles. The molecule has 1 aromatic rings. The zero-order valence-corrected chi connectivity index (χ0v) is 9.01. The number of nitrogens with zero attached hydrogens (tertiary/aromatic N) is 3. The van der Waals surface area contributed by atoms with Gasteiger partial charge in [-0.3, -0.25) is 10.1 Å². The third-order valence-corrected chi connectivity index (χ3v) is 3.43. The number of benzene rings is 1. The Bertz CT molecular complexity index is 593. The van der Waals surface area contributed by atoms with E-state index in [1.807, 2.05) is 0 Å². The van der Waals surface area contributed by atoms with E-state index in [-0.39, 0.29) is 10.6 Å². The molecule has 0 N–H and O–H groups in total. The number of non-ortho nitro benzene ring substituents is 1. The third kappa shape index (κ3) is 1.52. The number of hydrogen-bond acceptors (Lipinski definition) is 5. The van der Waals surface area contributed by atoms with Crippen LogP contribution in [0.1, 0.15) is 0 Å². The highest BCUT2D eigenvalue weighted by atomic mass is 32.2. The van der Waals surface area contributed by atoms with Crippen LogP contribution in [0.2, 0.25) is 0 Å². The van der Waals surface area contributed by atoms with Crippen molar-refractivity contribution in [2.45, 2.75) is 4.90 Å². The molecule has 2 rings (SSSR count). The van der Waals surface area contributed by atoms with Crippen LogP contribution in [0.5, 0.6) is 0 Å². The summed E-state index contributed by atoms with van der Waals surface area (Å²) in [5.41, 5.74) is 0.105. The van der Waals surface area contributed by atoms with E-state index in [2.05, 4.69) is 4.40 Å². The van der Waals surface area contributed by atoms with E-state index < -0.39 is 14.9 Å². The number of hydrogen-bond donors (Lipinski definition) is 0. The van der Waals surface area contributed by atoms with Gasteiger partial charge in [-0.05, 0) is 6.07 Å². The summed E-state index contributed by atoms with van der Waals surface area (Å²) < 4.78 is 26.4. The van der Waals surface area contributed by atoms with Gasteiger partial charge in [-0.25, -0.2) is 0 Å². The zero-order chi connectivity index (χ0) is 11.9. The second-order valence-electron chi connectivity index (χ2n) is 3.22. The van der Waals surface area contributed by atoms with Crippen molar-refractivity contribution in [3.05, 3.63) is 28.3 Å². The fourth-order valence-corrected chi connectivity index (χ4v) is 2.49. The van der Waals surface area contributed by atoms with Crippen molar-refractivity contribution in [2.75, 3.05) is 11.9 Å². The lowest BCUT2D eigenvalue weighted by atomic mass is 10.2. The molecule has 0 amide bonds. The highest BCUT2D eigenvalue weighted by Crippen LogP contribution is 2.31. The molecule has 7 nitrogen and oxygen atoms in total. The van der Waals surface area contributed by atoms with E-state index in [0.29, 0.717) is 5.69 Å². The minimum absolute atomic E-state index is 0.147. The largest absolute Gasteiger partial charge is 0.334 e. The summed E-state index contributed by atoms with van der Waals surface area (Å²) in [6.07, 6.45) is 1.16. The van der Waals surface area contributed by atoms with Gasteiger partial charge in [-0.15, -0.1) is 4.40 Å². The number of sulfonamides is 1. The molecule has 16 heavy (non-hydrogen) atoms. The number of anilines is 1. The lowest BCUT2D eigenvalue weighted by Gasteiger charge is -2.19. The number of nitro benzene ring substituents is 1. The molecular formula is C8H7N3O4S. The fourth-order valence-electron chi connectivity index (χ4n) is 1.37. The molecule has 0 fully saturated rings. The molecule has 0 saturated carbocycles. The van der Waals surface area contributed by atoms with Gasteiger partial charge in [0.2, 0.25) is 0 Å². The van der Waals surface area contributed by atoms with Crippen molar-refractivity contribution in [1.29, 1.82) is 0 Å². The summed E-state index contributed by atoms with van der Waals surface area (Å²) in [7, 11) is -2.19. The Morgan fingerprint density at radius 2 is 2.12 bits per heavy atom. The molecular weight excluding hydrogens is 234 g/mol. The summed E-state index contributed by atoms with van der Waals surface area (Å²) in [6.45, 7) is 0. The van der Waals surface area contributed by atoms with Gasteiger partial charge in [0, 0.05) is 19.2 Å². The predicted molar refractivity (Wildman–Crippen MR) is 57.2 cm³/mol. The Balaban J connectivity index is 2.71.